The summed E-state index contributed by atoms with van der Waals surface area (Å²) < 4.78 is 28.5. The van der Waals surface area contributed by atoms with Gasteiger partial charge in [-0.25, -0.2) is 13.1 Å². The SMILES string of the molecule is CC(=O)N1c2ccc(S(=O)(=O)NCC3CCC(C(=O)NC4CCCC4)CC3)cc2C[C@@H]1C. The van der Waals surface area contributed by atoms with E-state index in [2.05, 4.69) is 10.0 Å². The van der Waals surface area contributed by atoms with Crippen molar-refractivity contribution in [3.63, 3.8) is 0 Å². The van der Waals surface area contributed by atoms with Gasteiger partial charge in [0.15, 0.2) is 0 Å². The van der Waals surface area contributed by atoms with Gasteiger partial charge >= 0.3 is 0 Å². The molecule has 2 saturated carbocycles. The molecule has 2 amide bonds. The van der Waals surface area contributed by atoms with Crippen molar-refractivity contribution in [1.29, 1.82) is 0 Å². The van der Waals surface area contributed by atoms with Gasteiger partial charge in [-0.1, -0.05) is 12.8 Å². The van der Waals surface area contributed by atoms with Gasteiger partial charge in [0.25, 0.3) is 0 Å². The second-order valence-electron chi connectivity index (χ2n) is 9.79. The van der Waals surface area contributed by atoms with Crippen LogP contribution in [-0.4, -0.2) is 38.9 Å². The van der Waals surface area contributed by atoms with Gasteiger partial charge < -0.3 is 10.2 Å². The molecule has 32 heavy (non-hydrogen) atoms. The Balaban J connectivity index is 1.29. The number of nitrogens with zero attached hydrogens (tertiary/aromatic N) is 1. The summed E-state index contributed by atoms with van der Waals surface area (Å²) in [5.41, 5.74) is 1.70. The van der Waals surface area contributed by atoms with Gasteiger partial charge in [0.1, 0.15) is 0 Å². The van der Waals surface area contributed by atoms with Crippen LogP contribution in [-0.2, 0) is 26.0 Å². The maximum atomic E-state index is 12.9. The van der Waals surface area contributed by atoms with Gasteiger partial charge in [-0.2, -0.15) is 0 Å². The third-order valence-corrected chi connectivity index (χ3v) is 8.82. The number of hydrogen-bond donors (Lipinski definition) is 2. The summed E-state index contributed by atoms with van der Waals surface area (Å²) in [5, 5.41) is 3.20. The van der Waals surface area contributed by atoms with Crippen molar-refractivity contribution in [3.8, 4) is 0 Å². The van der Waals surface area contributed by atoms with Crippen LogP contribution in [0.1, 0.15) is 70.8 Å². The van der Waals surface area contributed by atoms with E-state index < -0.39 is 10.0 Å². The van der Waals surface area contributed by atoms with Crippen molar-refractivity contribution in [1.82, 2.24) is 10.0 Å². The lowest BCUT2D eigenvalue weighted by Gasteiger charge is -2.28. The van der Waals surface area contributed by atoms with Crippen molar-refractivity contribution < 1.29 is 18.0 Å². The summed E-state index contributed by atoms with van der Waals surface area (Å²) in [6.45, 7) is 3.90. The fraction of sp³-hybridized carbons (Fsp3) is 0.667. The maximum Gasteiger partial charge on any atom is 0.240 e. The van der Waals surface area contributed by atoms with Gasteiger partial charge in [0, 0.05) is 37.2 Å². The summed E-state index contributed by atoms with van der Waals surface area (Å²) in [4.78, 5) is 26.4. The molecule has 1 aromatic carbocycles. The first-order valence-corrected chi connectivity index (χ1v) is 13.5. The van der Waals surface area contributed by atoms with Crippen molar-refractivity contribution in [3.05, 3.63) is 23.8 Å². The number of carbonyl (C=O) groups is 2. The van der Waals surface area contributed by atoms with Crippen molar-refractivity contribution in [2.45, 2.75) is 88.6 Å². The Morgan fingerprint density at radius 2 is 1.75 bits per heavy atom. The van der Waals surface area contributed by atoms with Crippen LogP contribution in [0, 0.1) is 11.8 Å². The van der Waals surface area contributed by atoms with Crippen LogP contribution in [0.5, 0.6) is 0 Å². The fourth-order valence-corrected chi connectivity index (χ4v) is 6.75. The van der Waals surface area contributed by atoms with Crippen molar-refractivity contribution >= 4 is 27.5 Å². The molecular formula is C24H35N3O4S. The lowest BCUT2D eigenvalue weighted by molar-refractivity contribution is -0.127. The Hall–Kier alpha value is -1.93. The number of amides is 2. The maximum absolute atomic E-state index is 12.9. The largest absolute Gasteiger partial charge is 0.353 e. The van der Waals surface area contributed by atoms with E-state index in [-0.39, 0.29) is 34.6 Å². The minimum Gasteiger partial charge on any atom is -0.353 e. The average Bonchev–Trinajstić information content (AvgIpc) is 3.38. The molecule has 0 radical (unpaired) electrons. The van der Waals surface area contributed by atoms with E-state index in [4.69, 9.17) is 0 Å². The van der Waals surface area contributed by atoms with E-state index in [1.165, 1.54) is 19.8 Å². The smallest absolute Gasteiger partial charge is 0.240 e. The zero-order valence-corrected chi connectivity index (χ0v) is 19.9. The molecule has 0 spiro atoms. The molecule has 0 bridgehead atoms. The van der Waals surface area contributed by atoms with Crippen molar-refractivity contribution in [2.24, 2.45) is 11.8 Å². The number of fused-ring (bicyclic) bond motifs is 1. The zero-order chi connectivity index (χ0) is 22.9. The molecule has 3 aliphatic rings. The number of nitrogens with one attached hydrogen (secondary N) is 2. The lowest BCUT2D eigenvalue weighted by atomic mass is 9.81. The highest BCUT2D eigenvalue weighted by atomic mass is 32.2. The Morgan fingerprint density at radius 3 is 2.41 bits per heavy atom. The van der Waals surface area contributed by atoms with Crippen LogP contribution in [0.25, 0.3) is 0 Å². The molecule has 2 N–H and O–H groups in total. The molecular weight excluding hydrogens is 426 g/mol. The quantitative estimate of drug-likeness (QED) is 0.680. The second kappa shape index (κ2) is 9.51. The van der Waals surface area contributed by atoms with Gasteiger partial charge in [-0.15, -0.1) is 0 Å². The van der Waals surface area contributed by atoms with Crippen LogP contribution in [0.2, 0.25) is 0 Å². The minimum atomic E-state index is -3.61. The molecule has 176 valence electrons. The first kappa shape index (κ1) is 23.2. The van der Waals surface area contributed by atoms with E-state index in [1.54, 1.807) is 23.1 Å². The number of sulfonamides is 1. The third kappa shape index (κ3) is 5.01. The Morgan fingerprint density at radius 1 is 1.06 bits per heavy atom. The summed E-state index contributed by atoms with van der Waals surface area (Å²) in [7, 11) is -3.61. The van der Waals surface area contributed by atoms with Gasteiger partial charge in [0.05, 0.1) is 4.90 Å². The zero-order valence-electron chi connectivity index (χ0n) is 19.1. The third-order valence-electron chi connectivity index (χ3n) is 7.40. The molecule has 4 rings (SSSR count). The summed E-state index contributed by atoms with van der Waals surface area (Å²) in [6.07, 6.45) is 8.62. The lowest BCUT2D eigenvalue weighted by Crippen LogP contribution is -2.39. The van der Waals surface area contributed by atoms with Gasteiger partial charge in [-0.3, -0.25) is 9.59 Å². The molecule has 1 aromatic rings. The highest BCUT2D eigenvalue weighted by molar-refractivity contribution is 7.89. The monoisotopic (exact) mass is 461 g/mol. The van der Waals surface area contributed by atoms with Crippen LogP contribution in [0.3, 0.4) is 0 Å². The summed E-state index contributed by atoms with van der Waals surface area (Å²) in [6, 6.07) is 5.41. The van der Waals surface area contributed by atoms with E-state index in [0.29, 0.717) is 19.0 Å². The van der Waals surface area contributed by atoms with Gasteiger partial charge in [0.2, 0.25) is 21.8 Å². The van der Waals surface area contributed by atoms with Crippen LogP contribution >= 0.6 is 0 Å². The summed E-state index contributed by atoms with van der Waals surface area (Å²) >= 11 is 0. The van der Waals surface area contributed by atoms with E-state index in [9.17, 15) is 18.0 Å². The molecule has 2 aliphatic carbocycles. The predicted octanol–water partition coefficient (Wildman–Crippen LogP) is 3.13. The second-order valence-corrected chi connectivity index (χ2v) is 11.6. The Kier molecular flexibility index (Phi) is 6.91. The predicted molar refractivity (Wildman–Crippen MR) is 124 cm³/mol. The molecule has 1 atom stereocenters. The molecule has 8 heteroatoms. The number of benzene rings is 1. The number of rotatable bonds is 6. The Bertz CT molecular complexity index is 963. The standard InChI is InChI=1S/C24H35N3O4S/c1-16-13-20-14-22(11-12-23(20)27(16)17(2)28)32(30,31)25-15-18-7-9-19(10-8-18)24(29)26-21-5-3-4-6-21/h11-12,14,16,18-19,21,25H,3-10,13,15H2,1-2H3,(H,26,29)/t16-,18?,19?/m0/s1. The van der Waals surface area contributed by atoms with E-state index in [1.807, 2.05) is 6.92 Å². The van der Waals surface area contributed by atoms with Crippen LogP contribution in [0.4, 0.5) is 5.69 Å². The Labute approximate surface area is 191 Å². The highest BCUT2D eigenvalue weighted by Crippen LogP contribution is 2.34. The molecule has 0 aromatic heterocycles. The fourth-order valence-electron chi connectivity index (χ4n) is 5.58. The van der Waals surface area contributed by atoms with E-state index >= 15 is 0 Å². The molecule has 2 fully saturated rings. The van der Waals surface area contributed by atoms with Crippen molar-refractivity contribution in [2.75, 3.05) is 11.4 Å². The highest BCUT2D eigenvalue weighted by Gasteiger charge is 2.31. The first-order chi connectivity index (χ1) is 15.2. The minimum absolute atomic E-state index is 0.0301. The summed E-state index contributed by atoms with van der Waals surface area (Å²) in [5.74, 6) is 0.467. The molecule has 0 unspecified atom stereocenters. The van der Waals surface area contributed by atoms with Crippen LogP contribution in [0.15, 0.2) is 23.1 Å². The van der Waals surface area contributed by atoms with E-state index in [0.717, 1.165) is 49.8 Å². The van der Waals surface area contributed by atoms with Crippen LogP contribution < -0.4 is 14.9 Å². The molecule has 7 nitrogen and oxygen atoms in total. The normalized spacial score (nSPS) is 26.2. The molecule has 1 heterocycles. The number of anilines is 1. The van der Waals surface area contributed by atoms with Gasteiger partial charge in [-0.05, 0) is 81.5 Å². The average molecular weight is 462 g/mol. The first-order valence-electron chi connectivity index (χ1n) is 12.0. The number of hydrogen-bond acceptors (Lipinski definition) is 4. The molecule has 1 aliphatic heterocycles. The topological polar surface area (TPSA) is 95.6 Å². The number of carbonyl (C=O) groups excluding carboxylic acids is 2. The molecule has 0 saturated heterocycles.